The average Bonchev–Trinajstić information content (AvgIpc) is 3.15. The van der Waals surface area contributed by atoms with Gasteiger partial charge in [-0.1, -0.05) is 12.1 Å². The molecule has 30 heavy (non-hydrogen) atoms. The lowest BCUT2D eigenvalue weighted by atomic mass is 10.0. The third-order valence-electron chi connectivity index (χ3n) is 4.38. The van der Waals surface area contributed by atoms with Gasteiger partial charge in [-0.3, -0.25) is 9.59 Å². The summed E-state index contributed by atoms with van der Waals surface area (Å²) in [6.45, 7) is 3.07. The number of aryl methyl sites for hydroxylation is 1. The quantitative estimate of drug-likeness (QED) is 0.616. The number of amides is 2. The molecule has 9 nitrogen and oxygen atoms in total. The van der Waals surface area contributed by atoms with Crippen molar-refractivity contribution in [2.24, 2.45) is 0 Å². The number of nitrogens with zero attached hydrogens (tertiary/aromatic N) is 4. The molecule has 156 valence electrons. The second kappa shape index (κ2) is 9.12. The molecule has 0 aliphatic heterocycles. The van der Waals surface area contributed by atoms with Crippen molar-refractivity contribution in [3.05, 3.63) is 59.7 Å². The highest BCUT2D eigenvalue weighted by Crippen LogP contribution is 2.23. The van der Waals surface area contributed by atoms with Gasteiger partial charge in [0.2, 0.25) is 11.8 Å². The van der Waals surface area contributed by atoms with E-state index in [2.05, 4.69) is 26.2 Å². The Balaban J connectivity index is 1.78. The van der Waals surface area contributed by atoms with Crippen molar-refractivity contribution in [1.29, 1.82) is 0 Å². The molecule has 0 aliphatic rings. The standard InChI is InChI=1S/C20H21FN6O3/c1-12-24-25-26-27(12)15-6-9-17(21)19(10-15)23-20(29)11-18(22-13(2)28)14-4-7-16(30-3)8-5-14/h4-10,18H,11H2,1-3H3,(H,22,28)(H,23,29). The molecule has 0 spiro atoms. The van der Waals surface area contributed by atoms with Gasteiger partial charge in [0.15, 0.2) is 5.82 Å². The van der Waals surface area contributed by atoms with Crippen molar-refractivity contribution < 1.29 is 18.7 Å². The first-order valence-corrected chi connectivity index (χ1v) is 9.13. The van der Waals surface area contributed by atoms with E-state index in [9.17, 15) is 14.0 Å². The molecule has 1 aromatic heterocycles. The van der Waals surface area contributed by atoms with Gasteiger partial charge in [0.05, 0.1) is 30.9 Å². The first-order chi connectivity index (χ1) is 14.4. The Hall–Kier alpha value is -3.82. The molecule has 3 aromatic rings. The lowest BCUT2D eigenvalue weighted by Crippen LogP contribution is -2.29. The number of ether oxygens (including phenoxy) is 1. The Labute approximate surface area is 172 Å². The van der Waals surface area contributed by atoms with Gasteiger partial charge in [-0.05, 0) is 53.2 Å². The van der Waals surface area contributed by atoms with Gasteiger partial charge in [-0.25, -0.2) is 4.39 Å². The lowest BCUT2D eigenvalue weighted by molar-refractivity contribution is -0.120. The van der Waals surface area contributed by atoms with Crippen molar-refractivity contribution in [3.8, 4) is 11.4 Å². The van der Waals surface area contributed by atoms with E-state index in [4.69, 9.17) is 4.74 Å². The number of anilines is 1. The molecular formula is C20H21FN6O3. The van der Waals surface area contributed by atoms with Crippen LogP contribution in [0.1, 0.15) is 30.8 Å². The third kappa shape index (κ3) is 4.96. The van der Waals surface area contributed by atoms with Crippen molar-refractivity contribution in [1.82, 2.24) is 25.5 Å². The van der Waals surface area contributed by atoms with Crippen LogP contribution < -0.4 is 15.4 Å². The number of methoxy groups -OCH3 is 1. The number of hydrogen-bond donors (Lipinski definition) is 2. The zero-order valence-electron chi connectivity index (χ0n) is 16.7. The van der Waals surface area contributed by atoms with Crippen LogP contribution in [0, 0.1) is 12.7 Å². The minimum Gasteiger partial charge on any atom is -0.497 e. The van der Waals surface area contributed by atoms with E-state index in [1.165, 1.54) is 29.8 Å². The maximum atomic E-state index is 14.3. The van der Waals surface area contributed by atoms with Gasteiger partial charge >= 0.3 is 0 Å². The molecule has 1 unspecified atom stereocenters. The van der Waals surface area contributed by atoms with Gasteiger partial charge in [-0.2, -0.15) is 4.68 Å². The zero-order chi connectivity index (χ0) is 21.7. The molecule has 2 aromatic carbocycles. The molecule has 2 N–H and O–H groups in total. The van der Waals surface area contributed by atoms with E-state index in [1.807, 2.05) is 0 Å². The Kier molecular flexibility index (Phi) is 6.35. The highest BCUT2D eigenvalue weighted by Gasteiger charge is 2.19. The van der Waals surface area contributed by atoms with Gasteiger partial charge in [-0.15, -0.1) is 5.10 Å². The number of carbonyl (C=O) groups is 2. The number of aromatic nitrogens is 4. The molecule has 0 saturated heterocycles. The molecule has 0 saturated carbocycles. The fourth-order valence-corrected chi connectivity index (χ4v) is 2.93. The number of tetrazole rings is 1. The van der Waals surface area contributed by atoms with E-state index < -0.39 is 17.8 Å². The number of hydrogen-bond acceptors (Lipinski definition) is 6. The Morgan fingerprint density at radius 3 is 2.53 bits per heavy atom. The van der Waals surface area contributed by atoms with Crippen LogP contribution in [-0.2, 0) is 9.59 Å². The second-order valence-electron chi connectivity index (χ2n) is 6.58. The predicted octanol–water partition coefficient (Wildman–Crippen LogP) is 2.32. The van der Waals surface area contributed by atoms with Gasteiger partial charge in [0.25, 0.3) is 0 Å². The number of rotatable bonds is 7. The van der Waals surface area contributed by atoms with Crippen LogP contribution in [-0.4, -0.2) is 39.1 Å². The fourth-order valence-electron chi connectivity index (χ4n) is 2.93. The fraction of sp³-hybridized carbons (Fsp3) is 0.250. The lowest BCUT2D eigenvalue weighted by Gasteiger charge is -2.19. The summed E-state index contributed by atoms with van der Waals surface area (Å²) in [6, 6.07) is 10.6. The number of benzene rings is 2. The normalized spacial score (nSPS) is 11.6. The van der Waals surface area contributed by atoms with Gasteiger partial charge in [0, 0.05) is 6.92 Å². The van der Waals surface area contributed by atoms with Crippen molar-refractivity contribution in [3.63, 3.8) is 0 Å². The van der Waals surface area contributed by atoms with E-state index in [0.29, 0.717) is 17.3 Å². The predicted molar refractivity (Wildman–Crippen MR) is 107 cm³/mol. The van der Waals surface area contributed by atoms with Crippen LogP contribution in [0.5, 0.6) is 5.75 Å². The molecule has 1 atom stereocenters. The summed E-state index contributed by atoms with van der Waals surface area (Å²) < 4.78 is 20.8. The minimum absolute atomic E-state index is 0.0105. The van der Waals surface area contributed by atoms with Crippen LogP contribution in [0.15, 0.2) is 42.5 Å². The average molecular weight is 412 g/mol. The Bertz CT molecular complexity index is 1050. The summed E-state index contributed by atoms with van der Waals surface area (Å²) in [6.07, 6.45) is -0.0838. The van der Waals surface area contributed by atoms with Crippen molar-refractivity contribution in [2.45, 2.75) is 26.3 Å². The molecular weight excluding hydrogens is 391 g/mol. The SMILES string of the molecule is COc1ccc(C(CC(=O)Nc2cc(-n3nnnc3C)ccc2F)NC(C)=O)cc1. The number of nitrogens with one attached hydrogen (secondary N) is 2. The molecule has 10 heteroatoms. The zero-order valence-corrected chi connectivity index (χ0v) is 16.7. The number of carbonyl (C=O) groups excluding carboxylic acids is 2. The summed E-state index contributed by atoms with van der Waals surface area (Å²) in [5, 5.41) is 16.5. The molecule has 0 radical (unpaired) electrons. The van der Waals surface area contributed by atoms with Crippen LogP contribution in [0.4, 0.5) is 10.1 Å². The molecule has 2 amide bonds. The van der Waals surface area contributed by atoms with Crippen LogP contribution >= 0.6 is 0 Å². The van der Waals surface area contributed by atoms with E-state index in [-0.39, 0.29) is 18.0 Å². The Morgan fingerprint density at radius 2 is 1.93 bits per heavy atom. The summed E-state index contributed by atoms with van der Waals surface area (Å²) in [4.78, 5) is 24.2. The topological polar surface area (TPSA) is 111 Å². The molecule has 3 rings (SSSR count). The highest BCUT2D eigenvalue weighted by atomic mass is 19.1. The molecule has 0 fully saturated rings. The first kappa shape index (κ1) is 20.9. The summed E-state index contributed by atoms with van der Waals surface area (Å²) in [5.41, 5.74) is 1.21. The molecule has 1 heterocycles. The van der Waals surface area contributed by atoms with Crippen LogP contribution in [0.2, 0.25) is 0 Å². The van der Waals surface area contributed by atoms with E-state index in [0.717, 1.165) is 5.56 Å². The third-order valence-corrected chi connectivity index (χ3v) is 4.38. The molecule has 0 bridgehead atoms. The summed E-state index contributed by atoms with van der Waals surface area (Å²) >= 11 is 0. The minimum atomic E-state index is -0.599. The maximum absolute atomic E-state index is 14.3. The largest absolute Gasteiger partial charge is 0.497 e. The smallest absolute Gasteiger partial charge is 0.226 e. The van der Waals surface area contributed by atoms with Gasteiger partial charge in [0.1, 0.15) is 11.6 Å². The number of halogens is 1. The molecule has 0 aliphatic carbocycles. The van der Waals surface area contributed by atoms with E-state index >= 15 is 0 Å². The van der Waals surface area contributed by atoms with Crippen LogP contribution in [0.3, 0.4) is 0 Å². The van der Waals surface area contributed by atoms with E-state index in [1.54, 1.807) is 38.3 Å². The van der Waals surface area contributed by atoms with Crippen molar-refractivity contribution in [2.75, 3.05) is 12.4 Å². The first-order valence-electron chi connectivity index (χ1n) is 9.13. The van der Waals surface area contributed by atoms with Crippen LogP contribution in [0.25, 0.3) is 5.69 Å². The highest BCUT2D eigenvalue weighted by molar-refractivity contribution is 5.92. The monoisotopic (exact) mass is 412 g/mol. The maximum Gasteiger partial charge on any atom is 0.226 e. The van der Waals surface area contributed by atoms with Gasteiger partial charge < -0.3 is 15.4 Å². The van der Waals surface area contributed by atoms with Crippen molar-refractivity contribution >= 4 is 17.5 Å². The second-order valence-corrected chi connectivity index (χ2v) is 6.58. The summed E-state index contributed by atoms with van der Waals surface area (Å²) in [7, 11) is 1.55. The Morgan fingerprint density at radius 1 is 1.20 bits per heavy atom. The summed E-state index contributed by atoms with van der Waals surface area (Å²) in [5.74, 6) is -0.177.